The highest BCUT2D eigenvalue weighted by atomic mass is 15.2. The van der Waals surface area contributed by atoms with Crippen LogP contribution < -0.4 is 5.32 Å². The van der Waals surface area contributed by atoms with Gasteiger partial charge in [0.15, 0.2) is 0 Å². The second-order valence-corrected chi connectivity index (χ2v) is 5.93. The lowest BCUT2D eigenvalue weighted by atomic mass is 10.1. The summed E-state index contributed by atoms with van der Waals surface area (Å²) in [7, 11) is 2.17. The third-order valence-electron chi connectivity index (χ3n) is 3.10. The molecule has 0 aliphatic rings. The van der Waals surface area contributed by atoms with Gasteiger partial charge in [-0.3, -0.25) is 9.88 Å². The number of hydrogen-bond acceptors (Lipinski definition) is 3. The van der Waals surface area contributed by atoms with E-state index < -0.39 is 0 Å². The van der Waals surface area contributed by atoms with E-state index in [4.69, 9.17) is 0 Å². The number of rotatable bonds is 6. The Morgan fingerprint density at radius 2 is 2.06 bits per heavy atom. The number of hydrogen-bond donors (Lipinski definition) is 1. The molecule has 0 fully saturated rings. The molecule has 0 saturated heterocycles. The van der Waals surface area contributed by atoms with Crippen LogP contribution in [0, 0.1) is 0 Å². The molecule has 3 heteroatoms. The van der Waals surface area contributed by atoms with Gasteiger partial charge in [-0.05, 0) is 46.4 Å². The van der Waals surface area contributed by atoms with Crippen LogP contribution in [-0.2, 0) is 6.54 Å². The number of nitrogens with one attached hydrogen (secondary N) is 1. The van der Waals surface area contributed by atoms with Crippen molar-refractivity contribution in [3.63, 3.8) is 0 Å². The molecule has 18 heavy (non-hydrogen) atoms. The lowest BCUT2D eigenvalue weighted by Gasteiger charge is -2.30. The van der Waals surface area contributed by atoms with Crippen LogP contribution in [0.4, 0.5) is 0 Å². The zero-order valence-corrected chi connectivity index (χ0v) is 12.4. The third-order valence-corrected chi connectivity index (χ3v) is 3.10. The summed E-state index contributed by atoms with van der Waals surface area (Å²) >= 11 is 0. The van der Waals surface area contributed by atoms with Crippen molar-refractivity contribution in [1.82, 2.24) is 15.2 Å². The summed E-state index contributed by atoms with van der Waals surface area (Å²) in [6.45, 7) is 10.8. The molecule has 0 aliphatic heterocycles. The highest BCUT2D eigenvalue weighted by Gasteiger charge is 2.16. The Morgan fingerprint density at radius 1 is 1.33 bits per heavy atom. The van der Waals surface area contributed by atoms with Gasteiger partial charge in [0.25, 0.3) is 0 Å². The summed E-state index contributed by atoms with van der Waals surface area (Å²) in [5.74, 6) is 0. The summed E-state index contributed by atoms with van der Waals surface area (Å²) < 4.78 is 0. The van der Waals surface area contributed by atoms with E-state index >= 15 is 0 Å². The largest absolute Gasteiger partial charge is 0.311 e. The summed E-state index contributed by atoms with van der Waals surface area (Å²) in [6, 6.07) is 6.64. The monoisotopic (exact) mass is 249 g/mol. The first-order chi connectivity index (χ1) is 8.42. The molecule has 0 saturated carbocycles. The van der Waals surface area contributed by atoms with Crippen molar-refractivity contribution in [3.8, 4) is 0 Å². The van der Waals surface area contributed by atoms with Gasteiger partial charge < -0.3 is 5.32 Å². The van der Waals surface area contributed by atoms with Crippen LogP contribution in [0.1, 0.15) is 39.8 Å². The fraction of sp³-hybridized carbons (Fsp3) is 0.667. The maximum atomic E-state index is 4.38. The SMILES string of the molecule is CCC(CNC(C)(C)C)N(C)Cc1ccccn1. The maximum absolute atomic E-state index is 4.38. The topological polar surface area (TPSA) is 28.2 Å². The molecule has 1 rings (SSSR count). The third kappa shape index (κ3) is 5.61. The number of pyridine rings is 1. The van der Waals surface area contributed by atoms with Crippen molar-refractivity contribution < 1.29 is 0 Å². The standard InChI is InChI=1S/C15H27N3/c1-6-14(11-17-15(2,3)4)18(5)12-13-9-7-8-10-16-13/h7-10,14,17H,6,11-12H2,1-5H3. The van der Waals surface area contributed by atoms with Gasteiger partial charge in [-0.15, -0.1) is 0 Å². The fourth-order valence-electron chi connectivity index (χ4n) is 1.91. The van der Waals surface area contributed by atoms with Gasteiger partial charge in [0.05, 0.1) is 5.69 Å². The lowest BCUT2D eigenvalue weighted by molar-refractivity contribution is 0.206. The Hall–Kier alpha value is -0.930. The molecule has 0 radical (unpaired) electrons. The van der Waals surface area contributed by atoms with Crippen molar-refractivity contribution in [2.75, 3.05) is 13.6 Å². The Kier molecular flexibility index (Phi) is 5.76. The zero-order valence-electron chi connectivity index (χ0n) is 12.4. The Morgan fingerprint density at radius 3 is 2.56 bits per heavy atom. The highest BCUT2D eigenvalue weighted by Crippen LogP contribution is 2.08. The second-order valence-electron chi connectivity index (χ2n) is 5.93. The van der Waals surface area contributed by atoms with Gasteiger partial charge in [-0.1, -0.05) is 13.0 Å². The predicted octanol–water partition coefficient (Wildman–Crippen LogP) is 2.68. The van der Waals surface area contributed by atoms with Gasteiger partial charge in [-0.2, -0.15) is 0 Å². The smallest absolute Gasteiger partial charge is 0.0543 e. The summed E-state index contributed by atoms with van der Waals surface area (Å²) in [6.07, 6.45) is 3.00. The molecule has 0 spiro atoms. The van der Waals surface area contributed by atoms with Gasteiger partial charge >= 0.3 is 0 Å². The summed E-state index contributed by atoms with van der Waals surface area (Å²) in [5.41, 5.74) is 1.31. The molecular weight excluding hydrogens is 222 g/mol. The first-order valence-electron chi connectivity index (χ1n) is 6.77. The van der Waals surface area contributed by atoms with Crippen LogP contribution in [0.15, 0.2) is 24.4 Å². The van der Waals surface area contributed by atoms with Crippen molar-refractivity contribution >= 4 is 0 Å². The van der Waals surface area contributed by atoms with E-state index in [1.165, 1.54) is 0 Å². The molecule has 1 N–H and O–H groups in total. The van der Waals surface area contributed by atoms with E-state index in [1.54, 1.807) is 0 Å². The molecule has 0 aliphatic carbocycles. The minimum atomic E-state index is 0.180. The number of likely N-dealkylation sites (N-methyl/N-ethyl adjacent to an activating group) is 1. The minimum Gasteiger partial charge on any atom is -0.311 e. The van der Waals surface area contributed by atoms with Crippen LogP contribution in [0.3, 0.4) is 0 Å². The summed E-state index contributed by atoms with van der Waals surface area (Å²) in [4.78, 5) is 6.76. The Labute approximate surface area is 112 Å². The van der Waals surface area contributed by atoms with Crippen molar-refractivity contribution in [3.05, 3.63) is 30.1 Å². The predicted molar refractivity (Wildman–Crippen MR) is 77.5 cm³/mol. The van der Waals surface area contributed by atoms with Crippen molar-refractivity contribution in [1.29, 1.82) is 0 Å². The minimum absolute atomic E-state index is 0.180. The van der Waals surface area contributed by atoms with E-state index in [0.717, 1.165) is 25.2 Å². The first-order valence-corrected chi connectivity index (χ1v) is 6.77. The zero-order chi connectivity index (χ0) is 13.6. The van der Waals surface area contributed by atoms with E-state index in [2.05, 4.69) is 56.0 Å². The normalized spacial score (nSPS) is 13.9. The van der Waals surface area contributed by atoms with E-state index in [-0.39, 0.29) is 5.54 Å². The Balaban J connectivity index is 2.49. The quantitative estimate of drug-likeness (QED) is 0.840. The van der Waals surface area contributed by atoms with E-state index in [9.17, 15) is 0 Å². The molecule has 1 aromatic rings. The first kappa shape index (κ1) is 15.1. The molecule has 3 nitrogen and oxygen atoms in total. The molecule has 1 heterocycles. The van der Waals surface area contributed by atoms with Crippen molar-refractivity contribution in [2.24, 2.45) is 0 Å². The number of nitrogens with zero attached hydrogens (tertiary/aromatic N) is 2. The summed E-state index contributed by atoms with van der Waals surface area (Å²) in [5, 5.41) is 3.58. The molecule has 1 unspecified atom stereocenters. The average Bonchev–Trinajstić information content (AvgIpc) is 2.29. The maximum Gasteiger partial charge on any atom is 0.0543 e. The van der Waals surface area contributed by atoms with Crippen LogP contribution >= 0.6 is 0 Å². The van der Waals surface area contributed by atoms with Crippen LogP contribution in [0.5, 0.6) is 0 Å². The van der Waals surface area contributed by atoms with E-state index in [0.29, 0.717) is 6.04 Å². The molecule has 1 atom stereocenters. The molecule has 1 aromatic heterocycles. The molecule has 102 valence electrons. The van der Waals surface area contributed by atoms with Crippen molar-refractivity contribution in [2.45, 2.75) is 52.2 Å². The lowest BCUT2D eigenvalue weighted by Crippen LogP contribution is -2.46. The number of aromatic nitrogens is 1. The van der Waals surface area contributed by atoms with Crippen LogP contribution in [-0.4, -0.2) is 35.1 Å². The fourth-order valence-corrected chi connectivity index (χ4v) is 1.91. The van der Waals surface area contributed by atoms with Gasteiger partial charge in [-0.25, -0.2) is 0 Å². The van der Waals surface area contributed by atoms with Crippen LogP contribution in [0.2, 0.25) is 0 Å². The van der Waals surface area contributed by atoms with Gasteiger partial charge in [0.1, 0.15) is 0 Å². The molecule has 0 bridgehead atoms. The molecule has 0 amide bonds. The molecule has 0 aromatic carbocycles. The van der Waals surface area contributed by atoms with Crippen LogP contribution in [0.25, 0.3) is 0 Å². The van der Waals surface area contributed by atoms with Gasteiger partial charge in [0.2, 0.25) is 0 Å². The molecular formula is C15H27N3. The van der Waals surface area contributed by atoms with E-state index in [1.807, 2.05) is 18.3 Å². The average molecular weight is 249 g/mol. The Bertz CT molecular complexity index is 329. The second kappa shape index (κ2) is 6.86. The highest BCUT2D eigenvalue weighted by molar-refractivity contribution is 5.03. The van der Waals surface area contributed by atoms with Gasteiger partial charge in [0, 0.05) is 30.9 Å².